The predicted octanol–water partition coefficient (Wildman–Crippen LogP) is 1.76. The molecule has 0 aromatic carbocycles. The van der Waals surface area contributed by atoms with E-state index in [9.17, 15) is 0 Å². The molecule has 0 spiro atoms. The SMILES string of the molecule is COCc1nsc(N(C)CCc2ccccn2)n1. The molecule has 2 rings (SSSR count). The van der Waals surface area contributed by atoms with Crippen LogP contribution in [0.15, 0.2) is 24.4 Å². The van der Waals surface area contributed by atoms with Crippen LogP contribution >= 0.6 is 11.5 Å². The summed E-state index contributed by atoms with van der Waals surface area (Å²) in [7, 11) is 3.66. The average molecular weight is 264 g/mol. The van der Waals surface area contributed by atoms with Crippen LogP contribution in [0.4, 0.5) is 5.13 Å². The van der Waals surface area contributed by atoms with Crippen molar-refractivity contribution in [2.24, 2.45) is 0 Å². The van der Waals surface area contributed by atoms with Crippen molar-refractivity contribution in [3.63, 3.8) is 0 Å². The molecule has 6 heteroatoms. The smallest absolute Gasteiger partial charge is 0.205 e. The van der Waals surface area contributed by atoms with Gasteiger partial charge in [-0.3, -0.25) is 4.98 Å². The molecule has 0 radical (unpaired) electrons. The lowest BCUT2D eigenvalue weighted by Gasteiger charge is -2.14. The van der Waals surface area contributed by atoms with Gasteiger partial charge in [0.15, 0.2) is 5.82 Å². The van der Waals surface area contributed by atoms with Crippen molar-refractivity contribution in [1.82, 2.24) is 14.3 Å². The van der Waals surface area contributed by atoms with E-state index in [1.165, 1.54) is 11.5 Å². The van der Waals surface area contributed by atoms with Gasteiger partial charge in [-0.25, -0.2) is 4.98 Å². The second-order valence-electron chi connectivity index (χ2n) is 3.92. The Morgan fingerprint density at radius 2 is 2.28 bits per heavy atom. The van der Waals surface area contributed by atoms with Gasteiger partial charge >= 0.3 is 0 Å². The molecule has 18 heavy (non-hydrogen) atoms. The third-order valence-electron chi connectivity index (χ3n) is 2.49. The molecule has 0 aliphatic rings. The van der Waals surface area contributed by atoms with E-state index in [1.54, 1.807) is 7.11 Å². The summed E-state index contributed by atoms with van der Waals surface area (Å²) in [5.41, 5.74) is 1.09. The van der Waals surface area contributed by atoms with Gasteiger partial charge in [0.05, 0.1) is 0 Å². The Labute approximate surface area is 111 Å². The van der Waals surface area contributed by atoms with Crippen molar-refractivity contribution in [2.75, 3.05) is 25.6 Å². The van der Waals surface area contributed by atoms with Gasteiger partial charge in [0.25, 0.3) is 0 Å². The molecule has 0 saturated carbocycles. The summed E-state index contributed by atoms with van der Waals surface area (Å²) in [5, 5.41) is 0.915. The fraction of sp³-hybridized carbons (Fsp3) is 0.417. The zero-order valence-electron chi connectivity index (χ0n) is 10.5. The van der Waals surface area contributed by atoms with Crippen LogP contribution in [0.25, 0.3) is 0 Å². The normalized spacial score (nSPS) is 10.6. The molecular weight excluding hydrogens is 248 g/mol. The van der Waals surface area contributed by atoms with Crippen molar-refractivity contribution < 1.29 is 4.74 Å². The van der Waals surface area contributed by atoms with E-state index in [0.29, 0.717) is 6.61 Å². The van der Waals surface area contributed by atoms with Crippen molar-refractivity contribution in [3.8, 4) is 0 Å². The highest BCUT2D eigenvalue weighted by Crippen LogP contribution is 2.16. The number of pyridine rings is 1. The van der Waals surface area contributed by atoms with Gasteiger partial charge in [0.2, 0.25) is 5.13 Å². The number of likely N-dealkylation sites (N-methyl/N-ethyl adjacent to an activating group) is 1. The standard InChI is InChI=1S/C12H16N4OS/c1-16(8-6-10-5-3-4-7-13-10)12-14-11(9-17-2)15-18-12/h3-5,7H,6,8-9H2,1-2H3. The summed E-state index contributed by atoms with van der Waals surface area (Å²) in [6.45, 7) is 1.34. The molecule has 0 saturated heterocycles. The molecule has 0 fully saturated rings. The maximum atomic E-state index is 5.00. The lowest BCUT2D eigenvalue weighted by molar-refractivity contribution is 0.179. The first-order valence-electron chi connectivity index (χ1n) is 5.72. The van der Waals surface area contributed by atoms with E-state index in [4.69, 9.17) is 4.74 Å². The number of methoxy groups -OCH3 is 1. The number of aromatic nitrogens is 3. The largest absolute Gasteiger partial charge is 0.377 e. The van der Waals surface area contributed by atoms with Crippen LogP contribution in [0.2, 0.25) is 0 Å². The molecule has 0 atom stereocenters. The van der Waals surface area contributed by atoms with Crippen LogP contribution in [0.3, 0.4) is 0 Å². The number of rotatable bonds is 6. The van der Waals surface area contributed by atoms with Crippen LogP contribution in [-0.2, 0) is 17.8 Å². The second kappa shape index (κ2) is 6.42. The minimum absolute atomic E-state index is 0.463. The summed E-state index contributed by atoms with van der Waals surface area (Å²) in [6.07, 6.45) is 2.72. The Morgan fingerprint density at radius 3 is 3.00 bits per heavy atom. The van der Waals surface area contributed by atoms with Crippen LogP contribution in [0.5, 0.6) is 0 Å². The average Bonchev–Trinajstić information content (AvgIpc) is 2.86. The Morgan fingerprint density at radius 1 is 1.39 bits per heavy atom. The maximum absolute atomic E-state index is 5.00. The number of hydrogen-bond acceptors (Lipinski definition) is 6. The van der Waals surface area contributed by atoms with E-state index in [0.717, 1.165) is 29.6 Å². The lowest BCUT2D eigenvalue weighted by Crippen LogP contribution is -2.20. The quantitative estimate of drug-likeness (QED) is 0.795. The summed E-state index contributed by atoms with van der Waals surface area (Å²) in [4.78, 5) is 10.8. The van der Waals surface area contributed by atoms with Crippen molar-refractivity contribution >= 4 is 16.7 Å². The number of ether oxygens (including phenoxy) is 1. The zero-order valence-corrected chi connectivity index (χ0v) is 11.4. The van der Waals surface area contributed by atoms with Crippen molar-refractivity contribution in [1.29, 1.82) is 0 Å². The Balaban J connectivity index is 1.89. The molecule has 0 amide bonds. The molecule has 2 aromatic rings. The van der Waals surface area contributed by atoms with Gasteiger partial charge in [-0.1, -0.05) is 6.07 Å². The molecule has 0 unspecified atom stereocenters. The van der Waals surface area contributed by atoms with Crippen LogP contribution < -0.4 is 4.90 Å². The number of hydrogen-bond donors (Lipinski definition) is 0. The highest BCUT2D eigenvalue weighted by Gasteiger charge is 2.08. The van der Waals surface area contributed by atoms with E-state index < -0.39 is 0 Å². The topological polar surface area (TPSA) is 51.1 Å². The first-order valence-corrected chi connectivity index (χ1v) is 6.49. The van der Waals surface area contributed by atoms with E-state index >= 15 is 0 Å². The monoisotopic (exact) mass is 264 g/mol. The summed E-state index contributed by atoms with van der Waals surface area (Å²) < 4.78 is 9.23. The zero-order chi connectivity index (χ0) is 12.8. The van der Waals surface area contributed by atoms with Gasteiger partial charge in [0, 0.05) is 50.5 Å². The summed E-state index contributed by atoms with van der Waals surface area (Å²) in [5.74, 6) is 0.738. The van der Waals surface area contributed by atoms with Crippen LogP contribution in [-0.4, -0.2) is 35.0 Å². The Bertz CT molecular complexity index is 474. The molecule has 5 nitrogen and oxygen atoms in total. The molecule has 0 bridgehead atoms. The third kappa shape index (κ3) is 3.48. The van der Waals surface area contributed by atoms with E-state index in [2.05, 4.69) is 19.2 Å². The van der Waals surface area contributed by atoms with Crippen LogP contribution in [0, 0.1) is 0 Å². The van der Waals surface area contributed by atoms with E-state index in [1.807, 2.05) is 31.4 Å². The van der Waals surface area contributed by atoms with Crippen LogP contribution in [0.1, 0.15) is 11.5 Å². The fourth-order valence-corrected chi connectivity index (χ4v) is 2.17. The van der Waals surface area contributed by atoms with E-state index in [-0.39, 0.29) is 0 Å². The molecule has 2 aromatic heterocycles. The summed E-state index contributed by atoms with van der Waals surface area (Å²) >= 11 is 1.40. The fourth-order valence-electron chi connectivity index (χ4n) is 1.51. The molecule has 0 aliphatic carbocycles. The third-order valence-corrected chi connectivity index (χ3v) is 3.36. The first-order chi connectivity index (χ1) is 8.79. The van der Waals surface area contributed by atoms with Gasteiger partial charge in [-0.15, -0.1) is 0 Å². The minimum atomic E-state index is 0.463. The van der Waals surface area contributed by atoms with Crippen molar-refractivity contribution in [3.05, 3.63) is 35.9 Å². The highest BCUT2D eigenvalue weighted by molar-refractivity contribution is 7.09. The Hall–Kier alpha value is -1.53. The van der Waals surface area contributed by atoms with Gasteiger partial charge < -0.3 is 9.64 Å². The number of anilines is 1. The highest BCUT2D eigenvalue weighted by atomic mass is 32.1. The number of nitrogens with zero attached hydrogens (tertiary/aromatic N) is 4. The molecule has 2 heterocycles. The van der Waals surface area contributed by atoms with Gasteiger partial charge in [-0.2, -0.15) is 4.37 Å². The lowest BCUT2D eigenvalue weighted by atomic mass is 10.2. The first kappa shape index (κ1) is 12.9. The predicted molar refractivity (Wildman–Crippen MR) is 71.8 cm³/mol. The van der Waals surface area contributed by atoms with Crippen molar-refractivity contribution in [2.45, 2.75) is 13.0 Å². The van der Waals surface area contributed by atoms with Gasteiger partial charge in [0.1, 0.15) is 6.61 Å². The second-order valence-corrected chi connectivity index (χ2v) is 4.65. The summed E-state index contributed by atoms with van der Waals surface area (Å²) in [6, 6.07) is 5.96. The molecule has 96 valence electrons. The Kier molecular flexibility index (Phi) is 4.60. The molecular formula is C12H16N4OS. The maximum Gasteiger partial charge on any atom is 0.205 e. The minimum Gasteiger partial charge on any atom is -0.377 e. The van der Waals surface area contributed by atoms with Gasteiger partial charge in [-0.05, 0) is 12.1 Å². The molecule has 0 aliphatic heterocycles. The molecule has 0 N–H and O–H groups in total.